The minimum absolute atomic E-state index is 0.476. The Morgan fingerprint density at radius 1 is 0.920 bits per heavy atom. The minimum atomic E-state index is 0.476. The average Bonchev–Trinajstić information content (AvgIpc) is 3.01. The van der Waals surface area contributed by atoms with Crippen molar-refractivity contribution in [3.05, 3.63) is 12.2 Å². The molecule has 0 aromatic rings. The highest BCUT2D eigenvalue weighted by Gasteiger charge is 2.72. The van der Waals surface area contributed by atoms with Gasteiger partial charge in [-0.25, -0.2) is 0 Å². The molecule has 0 aromatic carbocycles. The molecule has 0 aromatic heterocycles. The molecule has 5 fully saturated rings. The number of allylic oxidation sites excluding steroid dienone is 1. The molecule has 25 heavy (non-hydrogen) atoms. The molecule has 5 rings (SSSR count). The zero-order valence-corrected chi connectivity index (χ0v) is 17.5. The van der Waals surface area contributed by atoms with Gasteiger partial charge in [-0.2, -0.15) is 0 Å². The van der Waals surface area contributed by atoms with E-state index in [0.29, 0.717) is 21.7 Å². The van der Waals surface area contributed by atoms with Crippen LogP contribution in [0, 0.1) is 51.2 Å². The maximum atomic E-state index is 4.79. The van der Waals surface area contributed by atoms with E-state index in [1.807, 2.05) is 0 Å². The first-order valence-corrected chi connectivity index (χ1v) is 11.4. The summed E-state index contributed by atoms with van der Waals surface area (Å²) in [5, 5.41) is 0. The van der Waals surface area contributed by atoms with Gasteiger partial charge in [0.2, 0.25) is 0 Å². The maximum absolute atomic E-state index is 4.79. The third kappa shape index (κ3) is 1.86. The van der Waals surface area contributed by atoms with Crippen LogP contribution in [-0.2, 0) is 0 Å². The van der Waals surface area contributed by atoms with Crippen molar-refractivity contribution in [1.82, 2.24) is 0 Å². The van der Waals surface area contributed by atoms with Crippen molar-refractivity contribution in [2.24, 2.45) is 51.2 Å². The summed E-state index contributed by atoms with van der Waals surface area (Å²) in [6.07, 6.45) is 13.3. The molecule has 5 saturated carbocycles. The van der Waals surface area contributed by atoms with Crippen molar-refractivity contribution in [1.29, 1.82) is 0 Å². The monoisotopic (exact) mass is 340 g/mol. The van der Waals surface area contributed by atoms with Crippen LogP contribution in [-0.4, -0.2) is 0 Å². The summed E-state index contributed by atoms with van der Waals surface area (Å²) in [5.41, 5.74) is 3.95. The van der Waals surface area contributed by atoms with E-state index in [1.54, 1.807) is 5.57 Å². The van der Waals surface area contributed by atoms with E-state index < -0.39 is 0 Å². The lowest BCUT2D eigenvalue weighted by molar-refractivity contribution is -0.0482. The lowest BCUT2D eigenvalue weighted by atomic mass is 9.51. The highest BCUT2D eigenvalue weighted by molar-refractivity contribution is 5.35. The molecule has 0 unspecified atom stereocenters. The maximum Gasteiger partial charge on any atom is -0.00485 e. The quantitative estimate of drug-likeness (QED) is 0.441. The molecule has 0 aliphatic heterocycles. The van der Waals surface area contributed by atoms with Crippen LogP contribution in [0.1, 0.15) is 92.4 Å². The molecule has 2 bridgehead atoms. The first-order chi connectivity index (χ1) is 11.7. The molecule has 0 radical (unpaired) electrons. The van der Waals surface area contributed by atoms with E-state index in [1.165, 1.54) is 57.8 Å². The van der Waals surface area contributed by atoms with Gasteiger partial charge >= 0.3 is 0 Å². The zero-order valence-electron chi connectivity index (χ0n) is 17.5. The highest BCUT2D eigenvalue weighted by atomic mass is 14.8. The van der Waals surface area contributed by atoms with Crippen molar-refractivity contribution < 1.29 is 0 Å². The molecule has 5 aliphatic carbocycles. The molecule has 140 valence electrons. The van der Waals surface area contributed by atoms with Gasteiger partial charge < -0.3 is 0 Å². The topological polar surface area (TPSA) is 0 Å². The number of hydrogen-bond acceptors (Lipinski definition) is 0. The molecule has 0 amide bonds. The van der Waals surface area contributed by atoms with Crippen LogP contribution in [0.5, 0.6) is 0 Å². The summed E-state index contributed by atoms with van der Waals surface area (Å²) in [6, 6.07) is 0. The van der Waals surface area contributed by atoms with Gasteiger partial charge in [-0.15, -0.1) is 0 Å². The Kier molecular flexibility index (Phi) is 3.22. The predicted molar refractivity (Wildman–Crippen MR) is 106 cm³/mol. The van der Waals surface area contributed by atoms with Crippen molar-refractivity contribution in [2.75, 3.05) is 0 Å². The van der Waals surface area contributed by atoms with Crippen molar-refractivity contribution in [3.63, 3.8) is 0 Å². The predicted octanol–water partition coefficient (Wildman–Crippen LogP) is 7.25. The molecular formula is C25H40. The standard InChI is InChI=1S/C25H40/c1-16(2)18-8-11-22(4)12-13-24(6)15-25-10-7-9-23(5,17(25)3)14-19(25)21(24)20(18)22/h16,18-21H,3,7-15H2,1-2,4-6H3/t18-,19-,20+,21+,22+,23+,24-,25-/m1/s1. The Bertz CT molecular complexity index is 616. The van der Waals surface area contributed by atoms with Gasteiger partial charge in [0.15, 0.2) is 0 Å². The van der Waals surface area contributed by atoms with E-state index in [2.05, 4.69) is 34.6 Å². The van der Waals surface area contributed by atoms with Crippen molar-refractivity contribution in [2.45, 2.75) is 92.4 Å². The summed E-state index contributed by atoms with van der Waals surface area (Å²) in [5.74, 6) is 4.78. The van der Waals surface area contributed by atoms with Gasteiger partial charge in [0.1, 0.15) is 0 Å². The van der Waals surface area contributed by atoms with E-state index in [0.717, 1.165) is 29.6 Å². The van der Waals surface area contributed by atoms with Gasteiger partial charge in [0, 0.05) is 0 Å². The summed E-state index contributed by atoms with van der Waals surface area (Å²) in [7, 11) is 0. The van der Waals surface area contributed by atoms with Gasteiger partial charge in [0.25, 0.3) is 0 Å². The zero-order chi connectivity index (χ0) is 17.8. The fraction of sp³-hybridized carbons (Fsp3) is 0.920. The molecular weight excluding hydrogens is 300 g/mol. The van der Waals surface area contributed by atoms with Gasteiger partial charge in [0.05, 0.1) is 0 Å². The van der Waals surface area contributed by atoms with Crippen LogP contribution < -0.4 is 0 Å². The lowest BCUT2D eigenvalue weighted by Crippen LogP contribution is -2.47. The lowest BCUT2D eigenvalue weighted by Gasteiger charge is -2.53. The van der Waals surface area contributed by atoms with Crippen molar-refractivity contribution in [3.8, 4) is 0 Å². The molecule has 5 aliphatic rings. The van der Waals surface area contributed by atoms with Gasteiger partial charge in [-0.3, -0.25) is 0 Å². The highest BCUT2D eigenvalue weighted by Crippen LogP contribution is 2.80. The second kappa shape index (κ2) is 4.77. The second-order valence-electron chi connectivity index (χ2n) is 12.3. The van der Waals surface area contributed by atoms with E-state index in [4.69, 9.17) is 6.58 Å². The molecule has 0 N–H and O–H groups in total. The smallest absolute Gasteiger partial charge is 0.00485 e. The molecule has 0 heteroatoms. The molecule has 8 atom stereocenters. The van der Waals surface area contributed by atoms with Crippen LogP contribution in [0.4, 0.5) is 0 Å². The largest absolute Gasteiger partial charge is 0.0987 e. The Balaban J connectivity index is 1.63. The number of fused-ring (bicyclic) bond motifs is 5. The Morgan fingerprint density at radius 2 is 1.64 bits per heavy atom. The third-order valence-electron chi connectivity index (χ3n) is 10.8. The van der Waals surface area contributed by atoms with Crippen LogP contribution in [0.25, 0.3) is 0 Å². The van der Waals surface area contributed by atoms with Crippen molar-refractivity contribution >= 4 is 0 Å². The van der Waals surface area contributed by atoms with E-state index in [-0.39, 0.29) is 0 Å². The number of hydrogen-bond donors (Lipinski definition) is 0. The van der Waals surface area contributed by atoms with Crippen LogP contribution >= 0.6 is 0 Å². The van der Waals surface area contributed by atoms with E-state index >= 15 is 0 Å². The minimum Gasteiger partial charge on any atom is -0.0987 e. The number of rotatable bonds is 1. The normalized spacial score (nSPS) is 59.8. The summed E-state index contributed by atoms with van der Waals surface area (Å²) in [4.78, 5) is 0. The fourth-order valence-corrected chi connectivity index (χ4v) is 9.74. The van der Waals surface area contributed by atoms with E-state index in [9.17, 15) is 0 Å². The first-order valence-electron chi connectivity index (χ1n) is 11.4. The van der Waals surface area contributed by atoms with Crippen LogP contribution in [0.3, 0.4) is 0 Å². The second-order valence-corrected chi connectivity index (χ2v) is 12.3. The molecule has 0 saturated heterocycles. The molecule has 0 heterocycles. The summed E-state index contributed by atoms with van der Waals surface area (Å²) >= 11 is 0. The van der Waals surface area contributed by atoms with Gasteiger partial charge in [-0.05, 0) is 103 Å². The molecule has 1 spiro atoms. The SMILES string of the molecule is C=C1[C@@]2(C)CCC[C@@]13C[C@@]1(C)CC[C@]4(C)CC[C@H](C(C)C)[C@H]4[C@@H]1[C@H]3C2. The average molecular weight is 341 g/mol. The Hall–Kier alpha value is -0.260. The Labute approximate surface area is 156 Å². The summed E-state index contributed by atoms with van der Waals surface area (Å²) < 4.78 is 0. The van der Waals surface area contributed by atoms with Crippen LogP contribution in [0.15, 0.2) is 12.2 Å². The summed E-state index contributed by atoms with van der Waals surface area (Å²) in [6.45, 7) is 17.8. The first kappa shape index (κ1) is 16.9. The molecule has 0 nitrogen and oxygen atoms in total. The van der Waals surface area contributed by atoms with Crippen LogP contribution in [0.2, 0.25) is 0 Å². The fourth-order valence-electron chi connectivity index (χ4n) is 9.74. The van der Waals surface area contributed by atoms with Gasteiger partial charge in [-0.1, -0.05) is 53.2 Å². The Morgan fingerprint density at radius 3 is 2.36 bits per heavy atom. The third-order valence-corrected chi connectivity index (χ3v) is 10.8.